The first-order valence-corrected chi connectivity index (χ1v) is 2.58. The fourth-order valence-electron chi connectivity index (χ4n) is 0.579. The molecule has 1 aliphatic rings. The fraction of sp³-hybridized carbons (Fsp3) is 0.167. The monoisotopic (exact) mass is 125 g/mol. The maximum Gasteiger partial charge on any atom is 0.411 e. The van der Waals surface area contributed by atoms with Gasteiger partial charge in [-0.3, -0.25) is 5.32 Å². The number of rotatable bonds is 1. The third kappa shape index (κ3) is 1.32. The van der Waals surface area contributed by atoms with Crippen molar-refractivity contribution in [1.82, 2.24) is 5.32 Å². The highest BCUT2D eigenvalue weighted by Gasteiger charge is 2.13. The number of hydrogen-bond acceptors (Lipinski definition) is 2. The van der Waals surface area contributed by atoms with Crippen LogP contribution < -0.4 is 5.32 Å². The van der Waals surface area contributed by atoms with Gasteiger partial charge in [-0.15, -0.1) is 0 Å². The molecule has 0 aromatic carbocycles. The SMILES string of the molecule is C=CC=C1COC(=O)N1. The number of carbonyl (C=O) groups excluding carboxylic acids is 1. The molecule has 0 bridgehead atoms. The minimum absolute atomic E-state index is 0.338. The van der Waals surface area contributed by atoms with E-state index in [1.807, 2.05) is 0 Å². The summed E-state index contributed by atoms with van der Waals surface area (Å²) in [6.07, 6.45) is 2.91. The van der Waals surface area contributed by atoms with Gasteiger partial charge in [0.1, 0.15) is 6.61 Å². The molecule has 0 saturated carbocycles. The molecule has 1 amide bonds. The van der Waals surface area contributed by atoms with E-state index >= 15 is 0 Å². The first-order valence-electron chi connectivity index (χ1n) is 2.58. The van der Waals surface area contributed by atoms with Crippen molar-refractivity contribution in [2.24, 2.45) is 0 Å². The molecular formula is C6H7NO2. The van der Waals surface area contributed by atoms with Crippen LogP contribution >= 0.6 is 0 Å². The van der Waals surface area contributed by atoms with Gasteiger partial charge in [0.25, 0.3) is 0 Å². The number of hydrogen-bond donors (Lipinski definition) is 1. The zero-order valence-electron chi connectivity index (χ0n) is 4.89. The van der Waals surface area contributed by atoms with Crippen LogP contribution in [0, 0.1) is 0 Å². The van der Waals surface area contributed by atoms with Gasteiger partial charge >= 0.3 is 6.09 Å². The molecule has 3 heteroatoms. The van der Waals surface area contributed by atoms with Crippen molar-refractivity contribution in [3.05, 3.63) is 24.4 Å². The van der Waals surface area contributed by atoms with E-state index in [2.05, 4.69) is 16.6 Å². The van der Waals surface area contributed by atoms with E-state index in [1.54, 1.807) is 12.2 Å². The van der Waals surface area contributed by atoms with Crippen LogP contribution in [0.25, 0.3) is 0 Å². The summed E-state index contributed by atoms with van der Waals surface area (Å²) in [6.45, 7) is 3.80. The molecule has 0 aliphatic carbocycles. The average molecular weight is 125 g/mol. The van der Waals surface area contributed by atoms with Gasteiger partial charge in [-0.2, -0.15) is 0 Å². The highest BCUT2D eigenvalue weighted by Crippen LogP contribution is 1.99. The number of nitrogens with one attached hydrogen (secondary N) is 1. The Morgan fingerprint density at radius 1 is 1.78 bits per heavy atom. The molecule has 1 heterocycles. The molecule has 1 rings (SSSR count). The quantitative estimate of drug-likeness (QED) is 0.562. The molecular weight excluding hydrogens is 118 g/mol. The van der Waals surface area contributed by atoms with E-state index in [0.717, 1.165) is 5.70 Å². The summed E-state index contributed by atoms with van der Waals surface area (Å²) in [6, 6.07) is 0. The zero-order chi connectivity index (χ0) is 6.69. The molecule has 9 heavy (non-hydrogen) atoms. The molecule has 1 saturated heterocycles. The first kappa shape index (κ1) is 5.88. The van der Waals surface area contributed by atoms with E-state index in [9.17, 15) is 4.79 Å². The topological polar surface area (TPSA) is 38.3 Å². The Morgan fingerprint density at radius 3 is 3.00 bits per heavy atom. The van der Waals surface area contributed by atoms with E-state index in [4.69, 9.17) is 0 Å². The standard InChI is InChI=1S/C6H7NO2/c1-2-3-5-4-9-6(8)7-5/h2-3H,1,4H2,(H,7,8). The van der Waals surface area contributed by atoms with Gasteiger partial charge in [0.2, 0.25) is 0 Å². The number of alkyl carbamates (subject to hydrolysis) is 1. The molecule has 0 aromatic rings. The van der Waals surface area contributed by atoms with Crippen LogP contribution in [0.3, 0.4) is 0 Å². The summed E-state index contributed by atoms with van der Waals surface area (Å²) in [7, 11) is 0. The maximum absolute atomic E-state index is 10.3. The minimum Gasteiger partial charge on any atom is -0.443 e. The first-order chi connectivity index (χ1) is 4.33. The van der Waals surface area contributed by atoms with Crippen molar-refractivity contribution >= 4 is 6.09 Å². The van der Waals surface area contributed by atoms with Gasteiger partial charge in [0, 0.05) is 0 Å². The predicted molar refractivity (Wildman–Crippen MR) is 32.8 cm³/mol. The molecule has 1 N–H and O–H groups in total. The van der Waals surface area contributed by atoms with Crippen molar-refractivity contribution < 1.29 is 9.53 Å². The molecule has 0 atom stereocenters. The van der Waals surface area contributed by atoms with Crippen molar-refractivity contribution in [3.8, 4) is 0 Å². The van der Waals surface area contributed by atoms with E-state index in [-0.39, 0.29) is 6.09 Å². The number of carbonyl (C=O) groups is 1. The zero-order valence-corrected chi connectivity index (χ0v) is 4.89. The van der Waals surface area contributed by atoms with Gasteiger partial charge in [-0.05, 0) is 6.08 Å². The highest BCUT2D eigenvalue weighted by atomic mass is 16.6. The summed E-state index contributed by atoms with van der Waals surface area (Å²) < 4.78 is 4.55. The summed E-state index contributed by atoms with van der Waals surface area (Å²) in [4.78, 5) is 10.3. The smallest absolute Gasteiger partial charge is 0.411 e. The lowest BCUT2D eigenvalue weighted by Crippen LogP contribution is -2.10. The van der Waals surface area contributed by atoms with E-state index in [1.165, 1.54) is 0 Å². The lowest BCUT2D eigenvalue weighted by atomic mass is 10.4. The third-order valence-electron chi connectivity index (χ3n) is 0.940. The fourth-order valence-corrected chi connectivity index (χ4v) is 0.579. The predicted octanol–water partition coefficient (Wildman–Crippen LogP) is 0.796. The van der Waals surface area contributed by atoms with Crippen molar-refractivity contribution in [1.29, 1.82) is 0 Å². The van der Waals surface area contributed by atoms with Crippen LogP contribution in [0.15, 0.2) is 24.4 Å². The molecule has 0 spiro atoms. The minimum atomic E-state index is -0.386. The van der Waals surface area contributed by atoms with Gasteiger partial charge in [0.15, 0.2) is 0 Å². The third-order valence-corrected chi connectivity index (χ3v) is 0.940. The second-order valence-electron chi connectivity index (χ2n) is 1.63. The number of allylic oxidation sites excluding steroid dienone is 2. The molecule has 3 nitrogen and oxygen atoms in total. The second-order valence-corrected chi connectivity index (χ2v) is 1.63. The van der Waals surface area contributed by atoms with E-state index < -0.39 is 0 Å². The molecule has 0 radical (unpaired) electrons. The summed E-state index contributed by atoms with van der Waals surface area (Å²) in [5.74, 6) is 0. The summed E-state index contributed by atoms with van der Waals surface area (Å²) in [5, 5.41) is 2.48. The van der Waals surface area contributed by atoms with Crippen LogP contribution in [0.5, 0.6) is 0 Å². The normalized spacial score (nSPS) is 21.3. The van der Waals surface area contributed by atoms with Crippen LogP contribution in [0.4, 0.5) is 4.79 Å². The molecule has 1 aliphatic heterocycles. The highest BCUT2D eigenvalue weighted by molar-refractivity contribution is 5.72. The average Bonchev–Trinajstić information content (AvgIpc) is 2.17. The lowest BCUT2D eigenvalue weighted by molar-refractivity contribution is 0.179. The van der Waals surface area contributed by atoms with Gasteiger partial charge < -0.3 is 4.74 Å². The van der Waals surface area contributed by atoms with Crippen molar-refractivity contribution in [3.63, 3.8) is 0 Å². The summed E-state index contributed by atoms with van der Waals surface area (Å²) >= 11 is 0. The molecule has 0 aromatic heterocycles. The Kier molecular flexibility index (Phi) is 1.53. The maximum atomic E-state index is 10.3. The lowest BCUT2D eigenvalue weighted by Gasteiger charge is -1.85. The van der Waals surface area contributed by atoms with E-state index in [0.29, 0.717) is 6.61 Å². The summed E-state index contributed by atoms with van der Waals surface area (Å²) in [5.41, 5.74) is 0.759. The van der Waals surface area contributed by atoms with Gasteiger partial charge in [-0.25, -0.2) is 4.79 Å². The second kappa shape index (κ2) is 2.35. The number of amides is 1. The van der Waals surface area contributed by atoms with Crippen LogP contribution in [0.1, 0.15) is 0 Å². The number of cyclic esters (lactones) is 1. The van der Waals surface area contributed by atoms with Crippen LogP contribution in [-0.4, -0.2) is 12.7 Å². The Labute approximate surface area is 53.0 Å². The Balaban J connectivity index is 2.57. The van der Waals surface area contributed by atoms with Crippen molar-refractivity contribution in [2.75, 3.05) is 6.61 Å². The van der Waals surface area contributed by atoms with Crippen molar-refractivity contribution in [2.45, 2.75) is 0 Å². The Bertz CT molecular complexity index is 172. The van der Waals surface area contributed by atoms with Gasteiger partial charge in [-0.1, -0.05) is 12.7 Å². The largest absolute Gasteiger partial charge is 0.443 e. The molecule has 0 unspecified atom stereocenters. The Morgan fingerprint density at radius 2 is 2.56 bits per heavy atom. The number of ether oxygens (including phenoxy) is 1. The molecule has 1 fully saturated rings. The van der Waals surface area contributed by atoms with Crippen LogP contribution in [0.2, 0.25) is 0 Å². The van der Waals surface area contributed by atoms with Crippen LogP contribution in [-0.2, 0) is 4.74 Å². The molecule has 48 valence electrons. The Hall–Kier alpha value is -1.25. The van der Waals surface area contributed by atoms with Gasteiger partial charge in [0.05, 0.1) is 5.70 Å².